The van der Waals surface area contributed by atoms with Crippen LogP contribution in [0.3, 0.4) is 0 Å². The number of rotatable bonds is 6. The van der Waals surface area contributed by atoms with E-state index in [1.54, 1.807) is 0 Å². The van der Waals surface area contributed by atoms with Crippen LogP contribution in [0.2, 0.25) is 0 Å². The molecule has 0 unspecified atom stereocenters. The third-order valence-corrected chi connectivity index (χ3v) is 11.4. The smallest absolute Gasteiger partial charge is 0.0465 e. The minimum atomic E-state index is -0.0898. The minimum Gasteiger partial charge on any atom is -0.310 e. The van der Waals surface area contributed by atoms with E-state index in [-0.39, 0.29) is 5.41 Å². The van der Waals surface area contributed by atoms with Crippen molar-refractivity contribution in [3.05, 3.63) is 211 Å². The second-order valence-corrected chi connectivity index (χ2v) is 15.0. The Hall–Kier alpha value is -6.70. The van der Waals surface area contributed by atoms with E-state index in [2.05, 4.69) is 219 Å². The van der Waals surface area contributed by atoms with Gasteiger partial charge >= 0.3 is 0 Å². The van der Waals surface area contributed by atoms with Crippen LogP contribution in [0.15, 0.2) is 200 Å². The van der Waals surface area contributed by atoms with E-state index in [1.165, 1.54) is 77.2 Å². The second kappa shape index (κ2) is 12.8. The molecule has 54 heavy (non-hydrogen) atoms. The van der Waals surface area contributed by atoms with Gasteiger partial charge in [-0.05, 0) is 132 Å². The summed E-state index contributed by atoms with van der Waals surface area (Å²) in [7, 11) is 0. The van der Waals surface area contributed by atoms with Gasteiger partial charge in [0, 0.05) is 22.5 Å². The van der Waals surface area contributed by atoms with Crippen molar-refractivity contribution < 1.29 is 0 Å². The fourth-order valence-electron chi connectivity index (χ4n) is 8.50. The van der Waals surface area contributed by atoms with E-state index in [4.69, 9.17) is 0 Å². The van der Waals surface area contributed by atoms with Crippen molar-refractivity contribution in [3.63, 3.8) is 0 Å². The molecule has 0 fully saturated rings. The Labute approximate surface area is 317 Å². The van der Waals surface area contributed by atoms with Crippen molar-refractivity contribution >= 4 is 38.6 Å². The lowest BCUT2D eigenvalue weighted by Gasteiger charge is -2.28. The van der Waals surface area contributed by atoms with E-state index in [0.29, 0.717) is 0 Å². The second-order valence-electron chi connectivity index (χ2n) is 15.0. The van der Waals surface area contributed by atoms with Crippen molar-refractivity contribution in [2.24, 2.45) is 0 Å². The Kier molecular flexibility index (Phi) is 7.56. The summed E-state index contributed by atoms with van der Waals surface area (Å²) in [6, 6.07) is 73.4. The molecular formula is C53H39N. The summed E-state index contributed by atoms with van der Waals surface area (Å²) in [4.78, 5) is 2.40. The Morgan fingerprint density at radius 3 is 1.35 bits per heavy atom. The summed E-state index contributed by atoms with van der Waals surface area (Å²) in [5.41, 5.74) is 16.0. The van der Waals surface area contributed by atoms with Crippen molar-refractivity contribution in [1.29, 1.82) is 0 Å². The van der Waals surface area contributed by atoms with Crippen LogP contribution in [0.4, 0.5) is 17.1 Å². The van der Waals surface area contributed by atoms with Crippen LogP contribution in [0.5, 0.6) is 0 Å². The van der Waals surface area contributed by atoms with Gasteiger partial charge in [-0.25, -0.2) is 0 Å². The van der Waals surface area contributed by atoms with Gasteiger partial charge < -0.3 is 4.90 Å². The summed E-state index contributed by atoms with van der Waals surface area (Å²) < 4.78 is 0. The van der Waals surface area contributed by atoms with Crippen LogP contribution in [-0.4, -0.2) is 0 Å². The first-order valence-electron chi connectivity index (χ1n) is 18.8. The molecule has 0 aromatic heterocycles. The van der Waals surface area contributed by atoms with Crippen LogP contribution in [-0.2, 0) is 5.41 Å². The van der Waals surface area contributed by atoms with Gasteiger partial charge in [-0.2, -0.15) is 0 Å². The highest BCUT2D eigenvalue weighted by Gasteiger charge is 2.35. The Balaban J connectivity index is 1.04. The molecule has 0 spiro atoms. The van der Waals surface area contributed by atoms with Gasteiger partial charge in [0.1, 0.15) is 0 Å². The zero-order valence-electron chi connectivity index (χ0n) is 30.5. The summed E-state index contributed by atoms with van der Waals surface area (Å²) in [6.45, 7) is 4.70. The topological polar surface area (TPSA) is 3.24 Å². The average Bonchev–Trinajstić information content (AvgIpc) is 3.46. The number of anilines is 3. The van der Waals surface area contributed by atoms with Crippen LogP contribution in [0.25, 0.3) is 66.1 Å². The van der Waals surface area contributed by atoms with Crippen LogP contribution in [0.1, 0.15) is 25.0 Å². The van der Waals surface area contributed by atoms with Crippen molar-refractivity contribution in [3.8, 4) is 44.5 Å². The molecule has 0 atom stereocenters. The van der Waals surface area contributed by atoms with Crippen molar-refractivity contribution in [2.45, 2.75) is 19.3 Å². The molecule has 9 aromatic carbocycles. The predicted molar refractivity (Wildman–Crippen MR) is 230 cm³/mol. The van der Waals surface area contributed by atoms with Crippen molar-refractivity contribution in [2.75, 3.05) is 4.90 Å². The van der Waals surface area contributed by atoms with E-state index in [1.807, 2.05) is 0 Å². The lowest BCUT2D eigenvalue weighted by atomic mass is 9.82. The number of benzene rings is 9. The fourth-order valence-corrected chi connectivity index (χ4v) is 8.50. The number of hydrogen-bond donors (Lipinski definition) is 0. The molecule has 0 saturated heterocycles. The minimum absolute atomic E-state index is 0.0898. The third kappa shape index (κ3) is 5.49. The molecule has 10 rings (SSSR count). The Morgan fingerprint density at radius 2 is 0.741 bits per heavy atom. The Bertz CT molecular complexity index is 2840. The lowest BCUT2D eigenvalue weighted by Crippen LogP contribution is -2.16. The number of nitrogens with zero attached hydrogens (tertiary/aromatic N) is 1. The highest BCUT2D eigenvalue weighted by atomic mass is 15.1. The van der Waals surface area contributed by atoms with Gasteiger partial charge in [0.2, 0.25) is 0 Å². The van der Waals surface area contributed by atoms with Crippen LogP contribution >= 0.6 is 0 Å². The summed E-state index contributed by atoms with van der Waals surface area (Å²) in [6.07, 6.45) is 0. The maximum atomic E-state index is 2.41. The quantitative estimate of drug-likeness (QED) is 0.168. The monoisotopic (exact) mass is 689 g/mol. The van der Waals surface area contributed by atoms with E-state index in [0.717, 1.165) is 17.1 Å². The first-order valence-corrected chi connectivity index (χ1v) is 18.8. The summed E-state index contributed by atoms with van der Waals surface area (Å²) >= 11 is 0. The number of fused-ring (bicyclic) bond motifs is 5. The molecule has 9 aromatic rings. The molecule has 1 heteroatoms. The van der Waals surface area contributed by atoms with Gasteiger partial charge in [0.15, 0.2) is 0 Å². The van der Waals surface area contributed by atoms with Gasteiger partial charge in [-0.1, -0.05) is 159 Å². The molecule has 0 saturated carbocycles. The first kappa shape index (κ1) is 32.0. The summed E-state index contributed by atoms with van der Waals surface area (Å²) in [5, 5.41) is 5.03. The van der Waals surface area contributed by atoms with Crippen LogP contribution in [0, 0.1) is 0 Å². The largest absolute Gasteiger partial charge is 0.310 e. The van der Waals surface area contributed by atoms with E-state index in [9.17, 15) is 0 Å². The molecule has 0 N–H and O–H groups in total. The standard InChI is InChI=1S/C53H39N/c1-53(2)51-17-8-7-16-49(51)50-31-30-48(35-52(50)53)54(47-28-24-39(25-29-47)44-20-18-36-10-3-5-12-40(36)33-44)46-26-22-38(23-27-46)42-14-9-15-43(32-42)45-21-19-37-11-4-6-13-41(37)34-45/h3-35H,1-2H3. The van der Waals surface area contributed by atoms with Crippen LogP contribution < -0.4 is 4.90 Å². The molecule has 256 valence electrons. The lowest BCUT2D eigenvalue weighted by molar-refractivity contribution is 0.660. The van der Waals surface area contributed by atoms with E-state index >= 15 is 0 Å². The summed E-state index contributed by atoms with van der Waals surface area (Å²) in [5.74, 6) is 0. The number of hydrogen-bond acceptors (Lipinski definition) is 1. The van der Waals surface area contributed by atoms with Gasteiger partial charge in [0.25, 0.3) is 0 Å². The molecule has 1 aliphatic rings. The molecular weight excluding hydrogens is 651 g/mol. The van der Waals surface area contributed by atoms with Crippen molar-refractivity contribution in [1.82, 2.24) is 0 Å². The molecule has 0 radical (unpaired) electrons. The van der Waals surface area contributed by atoms with Gasteiger partial charge in [-0.3, -0.25) is 0 Å². The zero-order chi connectivity index (χ0) is 36.2. The fraction of sp³-hybridized carbons (Fsp3) is 0.0566. The highest BCUT2D eigenvalue weighted by molar-refractivity contribution is 5.90. The normalized spacial score (nSPS) is 12.8. The molecule has 1 nitrogen and oxygen atoms in total. The van der Waals surface area contributed by atoms with E-state index < -0.39 is 0 Å². The predicted octanol–water partition coefficient (Wildman–Crippen LogP) is 14.8. The maximum Gasteiger partial charge on any atom is 0.0465 e. The van der Waals surface area contributed by atoms with Gasteiger partial charge in [0.05, 0.1) is 0 Å². The Morgan fingerprint density at radius 1 is 0.296 bits per heavy atom. The zero-order valence-corrected chi connectivity index (χ0v) is 30.5. The molecule has 0 bridgehead atoms. The molecule has 0 amide bonds. The SMILES string of the molecule is CC1(C)c2ccccc2-c2ccc(N(c3ccc(-c4cccc(-c5ccc6ccccc6c5)c4)cc3)c3ccc(-c4ccc5ccccc5c4)cc3)cc21. The molecule has 0 heterocycles. The van der Waals surface area contributed by atoms with Gasteiger partial charge in [-0.15, -0.1) is 0 Å². The first-order chi connectivity index (χ1) is 26.5. The highest BCUT2D eigenvalue weighted by Crippen LogP contribution is 2.50. The molecule has 0 aliphatic heterocycles. The maximum absolute atomic E-state index is 2.41. The average molecular weight is 690 g/mol. The third-order valence-electron chi connectivity index (χ3n) is 11.4. The molecule has 1 aliphatic carbocycles.